The van der Waals surface area contributed by atoms with Crippen LogP contribution in [0, 0.1) is 5.92 Å². The molecule has 8 heteroatoms. The molecule has 1 fully saturated rings. The number of hydrogen-bond acceptors (Lipinski definition) is 5. The molecule has 0 saturated heterocycles. The molecule has 1 heterocycles. The standard InChI is InChI=1S/C12H22N4O3S/c13-4-1-6-16-9-12(8-14-16)20(17,18)15-5-7-19-10-11-2-3-11/h8-9,11,15H,1-7,10,13H2. The van der Waals surface area contributed by atoms with E-state index >= 15 is 0 Å². The van der Waals surface area contributed by atoms with Gasteiger partial charge in [-0.25, -0.2) is 13.1 Å². The Hall–Kier alpha value is -0.960. The van der Waals surface area contributed by atoms with Crippen molar-refractivity contribution in [1.82, 2.24) is 14.5 Å². The molecular formula is C12H22N4O3S. The molecule has 114 valence electrons. The molecule has 2 rings (SSSR count). The van der Waals surface area contributed by atoms with Gasteiger partial charge in [-0.2, -0.15) is 5.10 Å². The molecule has 0 spiro atoms. The first kappa shape index (κ1) is 15.4. The largest absolute Gasteiger partial charge is 0.380 e. The van der Waals surface area contributed by atoms with Gasteiger partial charge in [0.15, 0.2) is 0 Å². The molecule has 0 radical (unpaired) electrons. The Morgan fingerprint density at radius 2 is 2.30 bits per heavy atom. The summed E-state index contributed by atoms with van der Waals surface area (Å²) in [5, 5.41) is 4.01. The topological polar surface area (TPSA) is 99.2 Å². The summed E-state index contributed by atoms with van der Waals surface area (Å²) in [5.41, 5.74) is 5.40. The van der Waals surface area contributed by atoms with Crippen LogP contribution in [-0.4, -0.2) is 44.5 Å². The normalized spacial score (nSPS) is 15.7. The minimum atomic E-state index is -3.49. The molecular weight excluding hydrogens is 280 g/mol. The Bertz CT molecular complexity index is 511. The predicted octanol–water partition coefficient (Wildman–Crippen LogP) is -0.0632. The summed E-state index contributed by atoms with van der Waals surface area (Å²) in [7, 11) is -3.49. The Kier molecular flexibility index (Phi) is 5.53. The average molecular weight is 302 g/mol. The van der Waals surface area contributed by atoms with Crippen LogP contribution in [0.15, 0.2) is 17.3 Å². The zero-order valence-electron chi connectivity index (χ0n) is 11.5. The maximum atomic E-state index is 12.0. The van der Waals surface area contributed by atoms with E-state index in [2.05, 4.69) is 9.82 Å². The number of sulfonamides is 1. The molecule has 0 atom stereocenters. The van der Waals surface area contributed by atoms with E-state index < -0.39 is 10.0 Å². The fraction of sp³-hybridized carbons (Fsp3) is 0.750. The summed E-state index contributed by atoms with van der Waals surface area (Å²) in [6.45, 7) is 2.59. The lowest BCUT2D eigenvalue weighted by molar-refractivity contribution is 0.129. The quantitative estimate of drug-likeness (QED) is 0.590. The summed E-state index contributed by atoms with van der Waals surface area (Å²) < 4.78 is 33.4. The summed E-state index contributed by atoms with van der Waals surface area (Å²) in [6, 6.07) is 0. The van der Waals surface area contributed by atoms with E-state index in [1.165, 1.54) is 25.2 Å². The third-order valence-electron chi connectivity index (χ3n) is 3.10. The number of nitrogens with two attached hydrogens (primary N) is 1. The van der Waals surface area contributed by atoms with E-state index in [-0.39, 0.29) is 11.4 Å². The highest BCUT2D eigenvalue weighted by Gasteiger charge is 2.21. The van der Waals surface area contributed by atoms with Crippen molar-refractivity contribution in [2.24, 2.45) is 11.7 Å². The van der Waals surface area contributed by atoms with Gasteiger partial charge < -0.3 is 10.5 Å². The van der Waals surface area contributed by atoms with Crippen LogP contribution in [0.4, 0.5) is 0 Å². The fourth-order valence-electron chi connectivity index (χ4n) is 1.72. The summed E-state index contributed by atoms with van der Waals surface area (Å²) in [5.74, 6) is 0.687. The van der Waals surface area contributed by atoms with Gasteiger partial charge in [-0.05, 0) is 31.7 Å². The van der Waals surface area contributed by atoms with Crippen molar-refractivity contribution < 1.29 is 13.2 Å². The van der Waals surface area contributed by atoms with Gasteiger partial charge in [0.05, 0.1) is 12.8 Å². The molecule has 1 aliphatic carbocycles. The number of nitrogens with one attached hydrogen (secondary N) is 1. The third kappa shape index (κ3) is 4.86. The summed E-state index contributed by atoms with van der Waals surface area (Å²) in [4.78, 5) is 0.178. The second-order valence-electron chi connectivity index (χ2n) is 5.00. The van der Waals surface area contributed by atoms with Crippen molar-refractivity contribution in [1.29, 1.82) is 0 Å². The second-order valence-corrected chi connectivity index (χ2v) is 6.76. The molecule has 0 aliphatic heterocycles. The third-order valence-corrected chi connectivity index (χ3v) is 4.52. The van der Waals surface area contributed by atoms with Gasteiger partial charge in [-0.1, -0.05) is 0 Å². The smallest absolute Gasteiger partial charge is 0.243 e. The van der Waals surface area contributed by atoms with Crippen LogP contribution in [0.2, 0.25) is 0 Å². The molecule has 3 N–H and O–H groups in total. The van der Waals surface area contributed by atoms with Crippen molar-refractivity contribution >= 4 is 10.0 Å². The summed E-state index contributed by atoms with van der Waals surface area (Å²) in [6.07, 6.45) is 6.10. The molecule has 0 aromatic carbocycles. The van der Waals surface area contributed by atoms with Crippen LogP contribution in [-0.2, 0) is 21.3 Å². The van der Waals surface area contributed by atoms with Crippen molar-refractivity contribution in [3.63, 3.8) is 0 Å². The lowest BCUT2D eigenvalue weighted by atomic mass is 10.4. The molecule has 1 aromatic rings. The molecule has 0 bridgehead atoms. The van der Waals surface area contributed by atoms with Gasteiger partial charge in [0.1, 0.15) is 4.90 Å². The van der Waals surface area contributed by atoms with Gasteiger partial charge in [-0.15, -0.1) is 0 Å². The van der Waals surface area contributed by atoms with Gasteiger partial charge in [0.2, 0.25) is 10.0 Å². The lowest BCUT2D eigenvalue weighted by Crippen LogP contribution is -2.27. The van der Waals surface area contributed by atoms with Crippen molar-refractivity contribution in [3.05, 3.63) is 12.4 Å². The van der Waals surface area contributed by atoms with E-state index in [1.807, 2.05) is 0 Å². The Balaban J connectivity index is 1.74. The maximum Gasteiger partial charge on any atom is 0.243 e. The zero-order valence-corrected chi connectivity index (χ0v) is 12.3. The van der Waals surface area contributed by atoms with Crippen LogP contribution < -0.4 is 10.5 Å². The lowest BCUT2D eigenvalue weighted by Gasteiger charge is -2.05. The number of rotatable bonds is 10. The van der Waals surface area contributed by atoms with E-state index in [9.17, 15) is 8.42 Å². The maximum absolute atomic E-state index is 12.0. The monoisotopic (exact) mass is 302 g/mol. The van der Waals surface area contributed by atoms with Crippen LogP contribution in [0.25, 0.3) is 0 Å². The second kappa shape index (κ2) is 7.16. The molecule has 0 unspecified atom stereocenters. The molecule has 7 nitrogen and oxygen atoms in total. The van der Waals surface area contributed by atoms with Gasteiger partial charge in [0.25, 0.3) is 0 Å². The van der Waals surface area contributed by atoms with E-state index in [1.54, 1.807) is 4.68 Å². The van der Waals surface area contributed by atoms with E-state index in [4.69, 9.17) is 10.5 Å². The Morgan fingerprint density at radius 3 is 3.00 bits per heavy atom. The first-order valence-corrected chi connectivity index (χ1v) is 8.40. The fourth-order valence-corrected chi connectivity index (χ4v) is 2.69. The van der Waals surface area contributed by atoms with Gasteiger partial charge in [-0.3, -0.25) is 4.68 Å². The van der Waals surface area contributed by atoms with Crippen LogP contribution in [0.5, 0.6) is 0 Å². The average Bonchev–Trinajstić information content (AvgIpc) is 3.11. The van der Waals surface area contributed by atoms with E-state index in [0.717, 1.165) is 13.0 Å². The number of nitrogens with zero attached hydrogens (tertiary/aromatic N) is 2. The van der Waals surface area contributed by atoms with Crippen LogP contribution in [0.3, 0.4) is 0 Å². The van der Waals surface area contributed by atoms with Crippen molar-refractivity contribution in [2.75, 3.05) is 26.3 Å². The highest BCUT2D eigenvalue weighted by Crippen LogP contribution is 2.28. The molecule has 1 saturated carbocycles. The molecule has 1 aromatic heterocycles. The zero-order chi connectivity index (χ0) is 14.4. The van der Waals surface area contributed by atoms with Gasteiger partial charge in [0, 0.05) is 25.9 Å². The molecule has 1 aliphatic rings. The number of aromatic nitrogens is 2. The minimum absolute atomic E-state index is 0.178. The number of hydrogen-bond donors (Lipinski definition) is 2. The predicted molar refractivity (Wildman–Crippen MR) is 74.6 cm³/mol. The Morgan fingerprint density at radius 1 is 1.50 bits per heavy atom. The Labute approximate surface area is 119 Å². The number of aryl methyl sites for hydroxylation is 1. The van der Waals surface area contributed by atoms with Gasteiger partial charge >= 0.3 is 0 Å². The van der Waals surface area contributed by atoms with Crippen molar-refractivity contribution in [2.45, 2.75) is 30.7 Å². The minimum Gasteiger partial charge on any atom is -0.380 e. The van der Waals surface area contributed by atoms with Crippen LogP contribution in [0.1, 0.15) is 19.3 Å². The van der Waals surface area contributed by atoms with Crippen LogP contribution >= 0.6 is 0 Å². The molecule has 20 heavy (non-hydrogen) atoms. The first-order valence-electron chi connectivity index (χ1n) is 6.92. The van der Waals surface area contributed by atoms with Crippen molar-refractivity contribution in [3.8, 4) is 0 Å². The summed E-state index contributed by atoms with van der Waals surface area (Å²) >= 11 is 0. The molecule has 0 amide bonds. The highest BCUT2D eigenvalue weighted by molar-refractivity contribution is 7.89. The highest BCUT2D eigenvalue weighted by atomic mass is 32.2. The number of ether oxygens (including phenoxy) is 1. The first-order chi connectivity index (χ1) is 9.62. The SMILES string of the molecule is NCCCn1cc(S(=O)(=O)NCCOCC2CC2)cn1. The van der Waals surface area contributed by atoms with E-state index in [0.29, 0.717) is 25.6 Å².